The molecule has 0 spiro atoms. The van der Waals surface area contributed by atoms with Gasteiger partial charge in [0.1, 0.15) is 0 Å². The zero-order valence-corrected chi connectivity index (χ0v) is 5.79. The van der Waals surface area contributed by atoms with Gasteiger partial charge in [-0.05, 0) is 12.1 Å². The maximum absolute atomic E-state index is 10.9. The van der Waals surface area contributed by atoms with Crippen molar-refractivity contribution in [2.24, 2.45) is 0 Å². The summed E-state index contributed by atoms with van der Waals surface area (Å²) in [6.07, 6.45) is 0. The Kier molecular flexibility index (Phi) is 4.68. The third-order valence-corrected chi connectivity index (χ3v) is 1.26. The van der Waals surface area contributed by atoms with Gasteiger partial charge < -0.3 is 5.32 Å². The Morgan fingerprint density at radius 2 is 1.82 bits per heavy atom. The number of rotatable bonds is 1. The Balaban J connectivity index is 0.000001000. The second kappa shape index (κ2) is 5.01. The van der Waals surface area contributed by atoms with Gasteiger partial charge in [-0.2, -0.15) is 0 Å². The molecule has 1 N–H and O–H groups in total. The van der Waals surface area contributed by atoms with Crippen molar-refractivity contribution in [3.05, 3.63) is 35.9 Å². The average Bonchev–Trinajstić information content (AvgIpc) is 2.05. The van der Waals surface area contributed by atoms with E-state index in [1.807, 2.05) is 18.2 Å². The number of carbonyl (C=O) groups excluding carboxylic acids is 1. The van der Waals surface area contributed by atoms with Crippen molar-refractivity contribution >= 4 is 24.8 Å². The number of amides is 1. The summed E-state index contributed by atoms with van der Waals surface area (Å²) in [6.45, 7) is 0. The Morgan fingerprint density at radius 3 is 2.27 bits per heavy atom. The Labute approximate surface area is 78.2 Å². The molecule has 1 rings (SSSR count). The van der Waals surface area contributed by atoms with E-state index in [0.717, 1.165) is 0 Å². The van der Waals surface area contributed by atoms with E-state index >= 15 is 0 Å². The number of benzene rings is 1. The van der Waals surface area contributed by atoms with E-state index in [0.29, 0.717) is 5.56 Å². The summed E-state index contributed by atoms with van der Waals surface area (Å²) in [7, 11) is 1.62. The minimum atomic E-state index is -0.0411. The van der Waals surface area contributed by atoms with Crippen LogP contribution in [-0.4, -0.2) is 31.8 Å². The minimum absolute atomic E-state index is 0. The summed E-state index contributed by atoms with van der Waals surface area (Å²) in [5, 5.41) is 2.54. The van der Waals surface area contributed by atoms with Gasteiger partial charge in [-0.1, -0.05) is 18.2 Å². The van der Waals surface area contributed by atoms with Crippen LogP contribution in [0, 0.1) is 0 Å². The van der Waals surface area contributed by atoms with Gasteiger partial charge in [-0.3, -0.25) is 4.79 Å². The van der Waals surface area contributed by atoms with Crippen molar-refractivity contribution in [3.8, 4) is 0 Å². The first kappa shape index (κ1) is 10.3. The summed E-state index contributed by atoms with van der Waals surface area (Å²) in [5.74, 6) is -0.0411. The molecule has 0 atom stereocenters. The summed E-state index contributed by atoms with van der Waals surface area (Å²) < 4.78 is 0. The quantitative estimate of drug-likeness (QED) is 0.566. The fourth-order valence-corrected chi connectivity index (χ4v) is 0.734. The topological polar surface area (TPSA) is 29.1 Å². The van der Waals surface area contributed by atoms with Gasteiger partial charge in [0.25, 0.3) is 5.91 Å². The molecule has 0 saturated heterocycles. The molecule has 0 aliphatic carbocycles. The molecule has 1 aromatic carbocycles. The molecule has 11 heavy (non-hydrogen) atoms. The van der Waals surface area contributed by atoms with E-state index in [9.17, 15) is 4.79 Å². The molecule has 1 aromatic rings. The predicted octanol–water partition coefficient (Wildman–Crippen LogP) is 0.398. The van der Waals surface area contributed by atoms with Crippen molar-refractivity contribution in [1.29, 1.82) is 0 Å². The standard InChI is InChI=1S/C8H9NO.Li.H/c1-9-8(10)7-5-3-2-4-6-7;;/h2-6H,1H3,(H,9,10);;. The van der Waals surface area contributed by atoms with E-state index in [1.165, 1.54) is 0 Å². The second-order valence-corrected chi connectivity index (χ2v) is 1.95. The third kappa shape index (κ3) is 2.79. The number of carbonyl (C=O) groups is 1. The number of hydrogen-bond acceptors (Lipinski definition) is 1. The molecule has 0 aromatic heterocycles. The summed E-state index contributed by atoms with van der Waals surface area (Å²) in [5.41, 5.74) is 0.699. The molecule has 0 radical (unpaired) electrons. The molecule has 0 heterocycles. The van der Waals surface area contributed by atoms with Crippen LogP contribution in [0.1, 0.15) is 10.4 Å². The Bertz CT molecular complexity index is 223. The normalized spacial score (nSPS) is 8.09. The van der Waals surface area contributed by atoms with Crippen LogP contribution in [0.25, 0.3) is 0 Å². The molecule has 0 fully saturated rings. The van der Waals surface area contributed by atoms with E-state index in [4.69, 9.17) is 0 Å². The Hall–Kier alpha value is -0.713. The molecule has 0 saturated carbocycles. The molecule has 0 bridgehead atoms. The molecular weight excluding hydrogens is 133 g/mol. The van der Waals surface area contributed by atoms with E-state index < -0.39 is 0 Å². The van der Waals surface area contributed by atoms with Crippen molar-refractivity contribution in [3.63, 3.8) is 0 Å². The second-order valence-electron chi connectivity index (χ2n) is 1.95. The van der Waals surface area contributed by atoms with Gasteiger partial charge in [0.2, 0.25) is 0 Å². The molecule has 1 amide bonds. The zero-order chi connectivity index (χ0) is 7.40. The van der Waals surface area contributed by atoms with Crippen LogP contribution in [0.3, 0.4) is 0 Å². The van der Waals surface area contributed by atoms with Gasteiger partial charge in [0.15, 0.2) is 0 Å². The van der Waals surface area contributed by atoms with Crippen LogP contribution in [0.15, 0.2) is 30.3 Å². The van der Waals surface area contributed by atoms with Gasteiger partial charge in [0.05, 0.1) is 0 Å². The van der Waals surface area contributed by atoms with Crippen LogP contribution in [0.2, 0.25) is 0 Å². The van der Waals surface area contributed by atoms with Crippen molar-refractivity contribution in [1.82, 2.24) is 5.32 Å². The first-order valence-electron chi connectivity index (χ1n) is 3.11. The van der Waals surface area contributed by atoms with Gasteiger partial charge in [-0.15, -0.1) is 0 Å². The maximum atomic E-state index is 10.9. The van der Waals surface area contributed by atoms with Crippen LogP contribution in [0.4, 0.5) is 0 Å². The van der Waals surface area contributed by atoms with Crippen LogP contribution in [-0.2, 0) is 0 Å². The van der Waals surface area contributed by atoms with Crippen molar-refractivity contribution in [2.75, 3.05) is 7.05 Å². The van der Waals surface area contributed by atoms with E-state index in [1.54, 1.807) is 19.2 Å². The molecular formula is C8H10LiNO. The first-order chi connectivity index (χ1) is 4.84. The van der Waals surface area contributed by atoms with Crippen molar-refractivity contribution < 1.29 is 4.79 Å². The SMILES string of the molecule is CNC(=O)c1ccccc1.[LiH]. The Morgan fingerprint density at radius 1 is 1.27 bits per heavy atom. The van der Waals surface area contributed by atoms with Gasteiger partial charge in [0, 0.05) is 12.6 Å². The predicted molar refractivity (Wildman–Crippen MR) is 47.0 cm³/mol. The van der Waals surface area contributed by atoms with Crippen LogP contribution in [0.5, 0.6) is 0 Å². The fourth-order valence-electron chi connectivity index (χ4n) is 0.734. The zero-order valence-electron chi connectivity index (χ0n) is 5.79. The van der Waals surface area contributed by atoms with Crippen molar-refractivity contribution in [2.45, 2.75) is 0 Å². The third-order valence-electron chi connectivity index (χ3n) is 1.26. The first-order valence-corrected chi connectivity index (χ1v) is 3.11. The molecule has 3 heteroatoms. The average molecular weight is 143 g/mol. The van der Waals surface area contributed by atoms with Gasteiger partial charge >= 0.3 is 18.9 Å². The summed E-state index contributed by atoms with van der Waals surface area (Å²) in [4.78, 5) is 10.9. The molecule has 0 unspecified atom stereocenters. The summed E-state index contributed by atoms with van der Waals surface area (Å²) >= 11 is 0. The summed E-state index contributed by atoms with van der Waals surface area (Å²) in [6, 6.07) is 9.11. The molecule has 54 valence electrons. The monoisotopic (exact) mass is 143 g/mol. The molecule has 2 nitrogen and oxygen atoms in total. The van der Waals surface area contributed by atoms with Crippen LogP contribution >= 0.6 is 0 Å². The number of nitrogens with one attached hydrogen (secondary N) is 1. The van der Waals surface area contributed by atoms with Gasteiger partial charge in [-0.25, -0.2) is 0 Å². The van der Waals surface area contributed by atoms with Crippen LogP contribution < -0.4 is 5.32 Å². The molecule has 0 aliphatic heterocycles. The number of hydrogen-bond donors (Lipinski definition) is 1. The fraction of sp³-hybridized carbons (Fsp3) is 0.125. The van der Waals surface area contributed by atoms with E-state index in [2.05, 4.69) is 5.32 Å². The van der Waals surface area contributed by atoms with E-state index in [-0.39, 0.29) is 24.8 Å². The molecule has 0 aliphatic rings.